The van der Waals surface area contributed by atoms with E-state index in [0.29, 0.717) is 11.1 Å². The normalized spacial score (nSPS) is 16.4. The highest BCUT2D eigenvalue weighted by atomic mass is 28.3. The van der Waals surface area contributed by atoms with E-state index in [0.717, 1.165) is 69.4 Å². The maximum absolute atomic E-state index is 15.1. The van der Waals surface area contributed by atoms with Crippen molar-refractivity contribution in [3.05, 3.63) is 175 Å². The minimum absolute atomic E-state index is 0.0602. The third-order valence-electron chi connectivity index (χ3n) is 12.8. The van der Waals surface area contributed by atoms with Crippen molar-refractivity contribution in [2.24, 2.45) is 0 Å². The highest BCUT2D eigenvalue weighted by molar-refractivity contribution is 6.88. The molecule has 0 spiro atoms. The second-order valence-corrected chi connectivity index (χ2v) is 22.3. The van der Waals surface area contributed by atoms with Gasteiger partial charge in [0, 0.05) is 33.5 Å². The highest BCUT2D eigenvalue weighted by Gasteiger charge is 2.44. The first-order valence-electron chi connectivity index (χ1n) is 20.5. The molecule has 0 radical (unpaired) electrons. The summed E-state index contributed by atoms with van der Waals surface area (Å²) in [6.45, 7) is 12.2. The molecule has 0 amide bonds. The molecule has 2 aliphatic rings. The van der Waals surface area contributed by atoms with Gasteiger partial charge in [-0.1, -0.05) is 105 Å². The smallest absolute Gasteiger partial charge is 0.304 e. The predicted octanol–water partition coefficient (Wildman–Crippen LogP) is 12.1. The Labute approximate surface area is 342 Å². The van der Waals surface area contributed by atoms with Crippen LogP contribution >= 0.6 is 0 Å². The lowest BCUT2D eigenvalue weighted by atomic mass is 9.77. The number of aromatic nitrogens is 3. The Morgan fingerprint density at radius 3 is 2.31 bits per heavy atom. The molecule has 2 aliphatic heterocycles. The van der Waals surface area contributed by atoms with Crippen LogP contribution in [-0.2, 0) is 6.42 Å². The molecule has 9 aromatic rings. The molecule has 0 aliphatic carbocycles. The summed E-state index contributed by atoms with van der Waals surface area (Å²) < 4.78 is 44.5. The molecule has 0 fully saturated rings. The van der Waals surface area contributed by atoms with Gasteiger partial charge in [-0.3, -0.25) is 0 Å². The van der Waals surface area contributed by atoms with Gasteiger partial charge < -0.3 is 4.42 Å². The molecule has 0 N–H and O–H groups in total. The first kappa shape index (κ1) is 35.7. The fourth-order valence-corrected chi connectivity index (χ4v) is 11.1. The number of furan rings is 1. The van der Waals surface area contributed by atoms with Crippen LogP contribution in [0.4, 0.5) is 8.78 Å². The van der Waals surface area contributed by atoms with Crippen LogP contribution in [-0.4, -0.2) is 12.6 Å². The quantitative estimate of drug-likeness (QED) is 0.129. The minimum atomic E-state index is -1.64. The lowest BCUT2D eigenvalue weighted by molar-refractivity contribution is -0.719. The van der Waals surface area contributed by atoms with Crippen molar-refractivity contribution >= 4 is 51.9 Å². The summed E-state index contributed by atoms with van der Waals surface area (Å²) >= 11 is 0. The van der Waals surface area contributed by atoms with Crippen molar-refractivity contribution in [2.75, 3.05) is 0 Å². The molecule has 0 saturated heterocycles. The van der Waals surface area contributed by atoms with Gasteiger partial charge in [-0.05, 0) is 84.1 Å². The van der Waals surface area contributed by atoms with E-state index < -0.39 is 19.7 Å². The molecule has 288 valence electrons. The number of para-hydroxylation sites is 3. The lowest BCUT2D eigenvalue weighted by Crippen LogP contribution is -2.53. The molecule has 11 rings (SSSR count). The predicted molar refractivity (Wildman–Crippen MR) is 237 cm³/mol. The Bertz CT molecular complexity index is 3170. The molecule has 7 heteroatoms. The van der Waals surface area contributed by atoms with E-state index >= 15 is 8.78 Å². The average molecular weight is 792 g/mol. The zero-order valence-corrected chi connectivity index (χ0v) is 34.3. The van der Waals surface area contributed by atoms with E-state index in [-0.39, 0.29) is 17.5 Å². The maximum atomic E-state index is 15.1. The molecular weight excluding hydrogens is 749 g/mol. The molecule has 6 aromatic carbocycles. The summed E-state index contributed by atoms with van der Waals surface area (Å²) in [6, 6.07) is 46.8. The number of nitrogens with zero attached hydrogens (tertiary/aromatic N) is 3. The Morgan fingerprint density at radius 1 is 0.746 bits per heavy atom. The van der Waals surface area contributed by atoms with Crippen LogP contribution in [0.25, 0.3) is 78.1 Å². The van der Waals surface area contributed by atoms with Crippen molar-refractivity contribution in [1.29, 1.82) is 0 Å². The summed E-state index contributed by atoms with van der Waals surface area (Å²) in [5, 5.41) is 3.28. The van der Waals surface area contributed by atoms with Gasteiger partial charge in [-0.2, -0.15) is 13.7 Å². The summed E-state index contributed by atoms with van der Waals surface area (Å²) in [4.78, 5) is 0. The molecule has 0 bridgehead atoms. The van der Waals surface area contributed by atoms with Gasteiger partial charge in [-0.25, -0.2) is 8.78 Å². The molecule has 2 unspecified atom stereocenters. The van der Waals surface area contributed by atoms with Crippen LogP contribution in [0, 0.1) is 11.6 Å². The average Bonchev–Trinajstić information content (AvgIpc) is 3.78. The first-order valence-corrected chi connectivity index (χ1v) is 24.0. The molecular formula is C52H43F2N3OSi+2. The van der Waals surface area contributed by atoms with Gasteiger partial charge in [0.05, 0.1) is 20.1 Å². The zero-order valence-electron chi connectivity index (χ0n) is 33.3. The van der Waals surface area contributed by atoms with E-state index in [1.807, 2.05) is 12.1 Å². The van der Waals surface area contributed by atoms with E-state index in [1.54, 1.807) is 12.1 Å². The van der Waals surface area contributed by atoms with Gasteiger partial charge in [0.2, 0.25) is 5.69 Å². The van der Waals surface area contributed by atoms with E-state index in [2.05, 4.69) is 137 Å². The number of halogens is 2. The Hall–Kier alpha value is -6.44. The molecule has 3 aromatic heterocycles. The fraction of sp³-hybridized carbons (Fsp3) is 0.154. The van der Waals surface area contributed by atoms with E-state index in [1.165, 1.54) is 45.8 Å². The topological polar surface area (TPSA) is 25.8 Å². The number of hydrogen-bond acceptors (Lipinski definition) is 1. The largest absolute Gasteiger partial charge is 0.455 e. The molecule has 0 saturated carbocycles. The second kappa shape index (κ2) is 13.3. The van der Waals surface area contributed by atoms with E-state index in [9.17, 15) is 0 Å². The zero-order chi connectivity index (χ0) is 40.2. The van der Waals surface area contributed by atoms with Crippen molar-refractivity contribution in [3.8, 4) is 39.5 Å². The molecule has 4 nitrogen and oxygen atoms in total. The van der Waals surface area contributed by atoms with Crippen LogP contribution in [0.2, 0.25) is 19.6 Å². The second-order valence-electron chi connectivity index (χ2n) is 17.2. The number of hydrogen-bond donors (Lipinski definition) is 0. The van der Waals surface area contributed by atoms with Crippen LogP contribution in [0.3, 0.4) is 0 Å². The van der Waals surface area contributed by atoms with Crippen LogP contribution in [0.15, 0.2) is 157 Å². The van der Waals surface area contributed by atoms with Gasteiger partial charge in [-0.15, -0.1) is 0 Å². The van der Waals surface area contributed by atoms with Crippen LogP contribution < -0.4 is 14.3 Å². The summed E-state index contributed by atoms with van der Waals surface area (Å²) in [5.74, 6) is -0.0209. The monoisotopic (exact) mass is 791 g/mol. The number of benzene rings is 6. The molecule has 5 heterocycles. The van der Waals surface area contributed by atoms with Gasteiger partial charge in [0.25, 0.3) is 0 Å². The van der Waals surface area contributed by atoms with Crippen LogP contribution in [0.5, 0.6) is 0 Å². The minimum Gasteiger partial charge on any atom is -0.455 e. The van der Waals surface area contributed by atoms with Crippen molar-refractivity contribution in [2.45, 2.75) is 50.9 Å². The van der Waals surface area contributed by atoms with Gasteiger partial charge >= 0.3 is 5.82 Å². The third kappa shape index (κ3) is 5.51. The standard InChI is InChI=1S/C52H43F2N3OSi/c1-32-29-47-39(37-15-8-9-16-38(37)44-28-24-36(31-55(44)47)59(2,3)4)25-21-33-22-27-41-40-26-23-34(49-42(53)17-12-18-43(49)54)30-48(40)58-51(41)50(33)52-56(32)45-19-10-11-20-46(45)57(52)35-13-6-5-7-14-35/h5-20,22-24,26-28,30-31,39,47H,1,21,25,29H2,2-4H3/q+2. The number of imidazole rings is 1. The van der Waals surface area contributed by atoms with Crippen molar-refractivity contribution in [1.82, 2.24) is 4.57 Å². The van der Waals surface area contributed by atoms with Gasteiger partial charge in [0.15, 0.2) is 28.9 Å². The fourth-order valence-electron chi connectivity index (χ4n) is 9.97. The Kier molecular flexibility index (Phi) is 8.04. The molecule has 2 atom stereocenters. The summed E-state index contributed by atoms with van der Waals surface area (Å²) in [6.07, 6.45) is 4.91. The van der Waals surface area contributed by atoms with Crippen LogP contribution in [0.1, 0.15) is 35.9 Å². The Morgan fingerprint density at radius 2 is 1.49 bits per heavy atom. The summed E-state index contributed by atoms with van der Waals surface area (Å²) in [5.41, 5.74) is 11.9. The number of fused-ring (bicyclic) bond motifs is 15. The number of allylic oxidation sites excluding steroid dienone is 1. The number of rotatable bonds is 3. The van der Waals surface area contributed by atoms with Crippen molar-refractivity contribution < 1.29 is 22.3 Å². The first-order chi connectivity index (χ1) is 28.7. The lowest BCUT2D eigenvalue weighted by Gasteiger charge is -2.32. The summed E-state index contributed by atoms with van der Waals surface area (Å²) in [7, 11) is -1.64. The number of aryl methyl sites for hydroxylation is 1. The van der Waals surface area contributed by atoms with E-state index in [4.69, 9.17) is 11.0 Å². The highest BCUT2D eigenvalue weighted by Crippen LogP contribution is 2.47. The third-order valence-corrected chi connectivity index (χ3v) is 14.8. The Balaban J connectivity index is 1.21. The maximum Gasteiger partial charge on any atom is 0.304 e. The number of pyridine rings is 1. The molecule has 59 heavy (non-hydrogen) atoms. The van der Waals surface area contributed by atoms with Gasteiger partial charge in [0.1, 0.15) is 34.2 Å². The van der Waals surface area contributed by atoms with Crippen molar-refractivity contribution in [3.63, 3.8) is 0 Å². The SMILES string of the molecule is C=C1CC2C(CCc3ccc4c(oc5cc(-c6c(F)cccc6F)ccc54)c3-c3n(-c4ccccc4)c4ccccc4[n+]31)c1ccccc1-c1ccc([Si](C)(C)C)c[n+]12.